The zero-order valence-corrected chi connectivity index (χ0v) is 11.0. The van der Waals surface area contributed by atoms with E-state index in [9.17, 15) is 4.79 Å². The summed E-state index contributed by atoms with van der Waals surface area (Å²) in [4.78, 5) is 20.3. The molecule has 1 amide bonds. The van der Waals surface area contributed by atoms with Crippen molar-refractivity contribution in [1.29, 1.82) is 0 Å². The number of fused-ring (bicyclic) bond motifs is 1. The predicted octanol–water partition coefficient (Wildman–Crippen LogP) is 0.187. The van der Waals surface area contributed by atoms with Gasteiger partial charge in [-0.1, -0.05) is 13.8 Å². The number of rotatable bonds is 5. The smallest absolute Gasteiger partial charge is 0.255 e. The Kier molecular flexibility index (Phi) is 4.06. The molecular formula is C12H17N5O2. The molecule has 19 heavy (non-hydrogen) atoms. The third-order valence-corrected chi connectivity index (χ3v) is 3.03. The summed E-state index contributed by atoms with van der Waals surface area (Å²) in [5.74, 6) is 0.227. The van der Waals surface area contributed by atoms with Gasteiger partial charge >= 0.3 is 0 Å². The predicted molar refractivity (Wildman–Crippen MR) is 68.8 cm³/mol. The second-order valence-corrected chi connectivity index (χ2v) is 4.21. The topological polar surface area (TPSA) is 92.4 Å². The summed E-state index contributed by atoms with van der Waals surface area (Å²) in [5.41, 5.74) is 1.22. The van der Waals surface area contributed by atoms with E-state index in [2.05, 4.69) is 20.4 Å². The van der Waals surface area contributed by atoms with Gasteiger partial charge in [0, 0.05) is 6.20 Å². The van der Waals surface area contributed by atoms with Gasteiger partial charge in [0.05, 0.1) is 23.9 Å². The van der Waals surface area contributed by atoms with Crippen molar-refractivity contribution >= 4 is 11.7 Å². The van der Waals surface area contributed by atoms with Gasteiger partial charge in [-0.25, -0.2) is 9.50 Å². The minimum Gasteiger partial charge on any atom is -0.394 e. The van der Waals surface area contributed by atoms with Crippen LogP contribution in [0.3, 0.4) is 0 Å². The molecule has 0 saturated heterocycles. The lowest BCUT2D eigenvalue weighted by Gasteiger charge is -2.15. The van der Waals surface area contributed by atoms with Crippen LogP contribution in [0.4, 0.5) is 0 Å². The first-order valence-corrected chi connectivity index (χ1v) is 6.30. The fourth-order valence-corrected chi connectivity index (χ4v) is 1.89. The molecule has 0 aliphatic heterocycles. The fourth-order valence-electron chi connectivity index (χ4n) is 1.89. The van der Waals surface area contributed by atoms with Crippen molar-refractivity contribution in [3.63, 3.8) is 0 Å². The molecule has 0 aliphatic rings. The van der Waals surface area contributed by atoms with Crippen LogP contribution in [0.1, 0.15) is 36.3 Å². The summed E-state index contributed by atoms with van der Waals surface area (Å²) in [6.07, 6.45) is 4.22. The molecule has 0 spiro atoms. The Labute approximate surface area is 110 Å². The summed E-state index contributed by atoms with van der Waals surface area (Å²) >= 11 is 0. The highest BCUT2D eigenvalue weighted by atomic mass is 16.3. The number of aromatic nitrogens is 4. The first-order chi connectivity index (χ1) is 9.21. The van der Waals surface area contributed by atoms with E-state index in [1.807, 2.05) is 13.8 Å². The third-order valence-electron chi connectivity index (χ3n) is 3.03. The SMILES string of the molecule is CCc1c(C(=O)N[C@H](CC)CO)cnc2ncnn12. The summed E-state index contributed by atoms with van der Waals surface area (Å²) in [6.45, 7) is 3.76. The molecule has 2 rings (SSSR count). The molecule has 0 aromatic carbocycles. The van der Waals surface area contributed by atoms with Crippen LogP contribution < -0.4 is 5.32 Å². The highest BCUT2D eigenvalue weighted by molar-refractivity contribution is 5.95. The quantitative estimate of drug-likeness (QED) is 0.803. The van der Waals surface area contributed by atoms with Gasteiger partial charge in [-0.2, -0.15) is 10.1 Å². The van der Waals surface area contributed by atoms with E-state index in [1.165, 1.54) is 12.5 Å². The molecule has 7 heteroatoms. The van der Waals surface area contributed by atoms with Crippen molar-refractivity contribution < 1.29 is 9.90 Å². The van der Waals surface area contributed by atoms with Crippen molar-refractivity contribution in [2.24, 2.45) is 0 Å². The van der Waals surface area contributed by atoms with Crippen molar-refractivity contribution in [2.45, 2.75) is 32.7 Å². The number of aryl methyl sites for hydroxylation is 1. The van der Waals surface area contributed by atoms with E-state index in [0.29, 0.717) is 24.2 Å². The summed E-state index contributed by atoms with van der Waals surface area (Å²) in [6, 6.07) is -0.247. The number of amides is 1. The lowest BCUT2D eigenvalue weighted by atomic mass is 10.1. The Bertz CT molecular complexity index is 577. The van der Waals surface area contributed by atoms with Gasteiger partial charge in [-0.05, 0) is 12.8 Å². The van der Waals surface area contributed by atoms with E-state index in [0.717, 1.165) is 5.69 Å². The molecule has 0 saturated carbocycles. The first-order valence-electron chi connectivity index (χ1n) is 6.30. The summed E-state index contributed by atoms with van der Waals surface area (Å²) in [7, 11) is 0. The maximum Gasteiger partial charge on any atom is 0.255 e. The lowest BCUT2D eigenvalue weighted by Crippen LogP contribution is -2.37. The number of carbonyl (C=O) groups excluding carboxylic acids is 1. The Balaban J connectivity index is 2.35. The molecule has 102 valence electrons. The molecule has 2 aromatic rings. The maximum absolute atomic E-state index is 12.2. The van der Waals surface area contributed by atoms with Crippen LogP contribution >= 0.6 is 0 Å². The molecule has 2 N–H and O–H groups in total. The number of nitrogens with one attached hydrogen (secondary N) is 1. The molecule has 0 aliphatic carbocycles. The summed E-state index contributed by atoms with van der Waals surface area (Å²) in [5, 5.41) is 16.0. The van der Waals surface area contributed by atoms with E-state index in [-0.39, 0.29) is 18.6 Å². The molecule has 0 fully saturated rings. The lowest BCUT2D eigenvalue weighted by molar-refractivity contribution is 0.0913. The number of nitrogens with zero attached hydrogens (tertiary/aromatic N) is 4. The van der Waals surface area contributed by atoms with Gasteiger partial charge in [-0.15, -0.1) is 0 Å². The van der Waals surface area contributed by atoms with E-state index in [1.54, 1.807) is 4.52 Å². The maximum atomic E-state index is 12.2. The van der Waals surface area contributed by atoms with Gasteiger partial charge < -0.3 is 10.4 Å². The van der Waals surface area contributed by atoms with Gasteiger partial charge in [0.25, 0.3) is 11.7 Å². The van der Waals surface area contributed by atoms with E-state index < -0.39 is 0 Å². The van der Waals surface area contributed by atoms with Crippen LogP contribution in [-0.4, -0.2) is 43.2 Å². The zero-order valence-electron chi connectivity index (χ0n) is 11.0. The molecule has 0 bridgehead atoms. The van der Waals surface area contributed by atoms with E-state index in [4.69, 9.17) is 5.11 Å². The highest BCUT2D eigenvalue weighted by Crippen LogP contribution is 2.10. The van der Waals surface area contributed by atoms with Crippen LogP contribution in [0.25, 0.3) is 5.78 Å². The molecule has 2 aromatic heterocycles. The molecule has 7 nitrogen and oxygen atoms in total. The number of hydrogen-bond acceptors (Lipinski definition) is 5. The normalized spacial score (nSPS) is 12.6. The number of aliphatic hydroxyl groups excluding tert-OH is 1. The van der Waals surface area contributed by atoms with Gasteiger partial charge in [0.1, 0.15) is 6.33 Å². The van der Waals surface area contributed by atoms with Crippen molar-refractivity contribution in [3.05, 3.63) is 23.8 Å². The third kappa shape index (κ3) is 2.55. The van der Waals surface area contributed by atoms with Crippen LogP contribution in [0.15, 0.2) is 12.5 Å². The van der Waals surface area contributed by atoms with Crippen LogP contribution in [0, 0.1) is 0 Å². The Morgan fingerprint density at radius 2 is 2.26 bits per heavy atom. The Hall–Kier alpha value is -2.02. The molecular weight excluding hydrogens is 246 g/mol. The minimum absolute atomic E-state index is 0.0807. The highest BCUT2D eigenvalue weighted by Gasteiger charge is 2.17. The molecule has 0 unspecified atom stereocenters. The second kappa shape index (κ2) is 5.75. The van der Waals surface area contributed by atoms with Crippen molar-refractivity contribution in [3.8, 4) is 0 Å². The Morgan fingerprint density at radius 1 is 1.47 bits per heavy atom. The monoisotopic (exact) mass is 263 g/mol. The average molecular weight is 263 g/mol. The number of carbonyl (C=O) groups is 1. The first kappa shape index (κ1) is 13.4. The van der Waals surface area contributed by atoms with Gasteiger partial charge in [0.2, 0.25) is 0 Å². The van der Waals surface area contributed by atoms with Crippen LogP contribution in [-0.2, 0) is 6.42 Å². The average Bonchev–Trinajstić information content (AvgIpc) is 2.91. The van der Waals surface area contributed by atoms with Gasteiger partial charge in [0.15, 0.2) is 0 Å². The zero-order chi connectivity index (χ0) is 13.8. The van der Waals surface area contributed by atoms with Gasteiger partial charge in [-0.3, -0.25) is 4.79 Å². The number of aliphatic hydroxyl groups is 1. The van der Waals surface area contributed by atoms with E-state index >= 15 is 0 Å². The largest absolute Gasteiger partial charge is 0.394 e. The van der Waals surface area contributed by atoms with Crippen LogP contribution in [0.2, 0.25) is 0 Å². The molecule has 1 atom stereocenters. The Morgan fingerprint density at radius 3 is 2.89 bits per heavy atom. The van der Waals surface area contributed by atoms with Crippen molar-refractivity contribution in [1.82, 2.24) is 24.9 Å². The molecule has 0 radical (unpaired) electrons. The standard InChI is InChI=1S/C12H17N5O2/c1-3-8(6-18)16-11(19)9-5-13-12-14-7-15-17(12)10(9)4-2/h5,7-8,18H,3-4,6H2,1-2H3,(H,16,19)/t8-/m1/s1. The number of hydrogen-bond donors (Lipinski definition) is 2. The fraction of sp³-hybridized carbons (Fsp3) is 0.500. The molecule has 2 heterocycles. The summed E-state index contributed by atoms with van der Waals surface area (Å²) < 4.78 is 1.56. The van der Waals surface area contributed by atoms with Crippen LogP contribution in [0.5, 0.6) is 0 Å². The second-order valence-electron chi connectivity index (χ2n) is 4.21. The van der Waals surface area contributed by atoms with Crippen molar-refractivity contribution in [2.75, 3.05) is 6.61 Å². The minimum atomic E-state index is -0.248.